The van der Waals surface area contributed by atoms with Crippen molar-refractivity contribution in [1.82, 2.24) is 20.7 Å². The van der Waals surface area contributed by atoms with E-state index in [0.717, 1.165) is 5.01 Å². The van der Waals surface area contributed by atoms with E-state index in [1.165, 1.54) is 19.3 Å². The van der Waals surface area contributed by atoms with Crippen LogP contribution in [0.5, 0.6) is 0 Å². The SMILES string of the molecule is CC1=C(C(=O)Nc2cccnc2)C(=O)N2NC(C(F)(F)F)C(c3ccccc3)C2N1. The topological polar surface area (TPSA) is 86.4 Å². The summed E-state index contributed by atoms with van der Waals surface area (Å²) in [5.41, 5.74) is 3.00. The van der Waals surface area contributed by atoms with E-state index >= 15 is 0 Å². The summed E-state index contributed by atoms with van der Waals surface area (Å²) >= 11 is 0. The fraction of sp³-hybridized carbons (Fsp3) is 0.250. The van der Waals surface area contributed by atoms with Crippen molar-refractivity contribution >= 4 is 17.5 Å². The molecule has 0 spiro atoms. The van der Waals surface area contributed by atoms with Crippen molar-refractivity contribution in [2.24, 2.45) is 0 Å². The molecule has 4 rings (SSSR count). The standard InChI is InChI=1S/C20H18F3N5O2/c1-11-14(18(29)26-13-8-5-9-24-10-13)19(30)28-17(25-11)15(12-6-3-2-4-7-12)16(27-28)20(21,22)23/h2-10,15-17,25,27H,1H3,(H,26,29). The number of nitrogens with one attached hydrogen (secondary N) is 3. The van der Waals surface area contributed by atoms with Gasteiger partial charge in [-0.25, -0.2) is 10.4 Å². The second-order valence-corrected chi connectivity index (χ2v) is 7.05. The van der Waals surface area contributed by atoms with Gasteiger partial charge in [-0.1, -0.05) is 30.3 Å². The Morgan fingerprint density at radius 2 is 1.90 bits per heavy atom. The molecular formula is C20H18F3N5O2. The van der Waals surface area contributed by atoms with Gasteiger partial charge in [-0.3, -0.25) is 14.6 Å². The number of rotatable bonds is 3. The van der Waals surface area contributed by atoms with E-state index in [0.29, 0.717) is 11.3 Å². The third-order valence-corrected chi connectivity index (χ3v) is 5.11. The van der Waals surface area contributed by atoms with Gasteiger partial charge in [0.05, 0.1) is 17.8 Å². The summed E-state index contributed by atoms with van der Waals surface area (Å²) in [4.78, 5) is 29.6. The minimum atomic E-state index is -4.61. The fourth-order valence-corrected chi connectivity index (χ4v) is 3.79. The van der Waals surface area contributed by atoms with Gasteiger partial charge < -0.3 is 10.6 Å². The van der Waals surface area contributed by atoms with Gasteiger partial charge in [0.2, 0.25) is 0 Å². The molecule has 7 nitrogen and oxygen atoms in total. The number of carbonyl (C=O) groups excluding carboxylic acids is 2. The van der Waals surface area contributed by atoms with Gasteiger partial charge in [-0.15, -0.1) is 0 Å². The molecule has 2 aromatic rings. The van der Waals surface area contributed by atoms with Crippen molar-refractivity contribution in [3.05, 3.63) is 71.7 Å². The molecule has 1 fully saturated rings. The van der Waals surface area contributed by atoms with Gasteiger partial charge in [0.1, 0.15) is 17.8 Å². The normalized spacial score (nSPS) is 23.8. The highest BCUT2D eigenvalue weighted by Gasteiger charge is 2.58. The van der Waals surface area contributed by atoms with E-state index in [2.05, 4.69) is 21.0 Å². The quantitative estimate of drug-likeness (QED) is 0.668. The van der Waals surface area contributed by atoms with Crippen molar-refractivity contribution in [2.75, 3.05) is 5.32 Å². The average Bonchev–Trinajstić information content (AvgIpc) is 3.09. The van der Waals surface area contributed by atoms with Crippen LogP contribution in [0.4, 0.5) is 18.9 Å². The summed E-state index contributed by atoms with van der Waals surface area (Å²) < 4.78 is 41.3. The first kappa shape index (κ1) is 19.9. The molecule has 0 saturated carbocycles. The van der Waals surface area contributed by atoms with Crippen molar-refractivity contribution < 1.29 is 22.8 Å². The second kappa shape index (κ2) is 7.45. The minimum absolute atomic E-state index is 0.202. The number of allylic oxidation sites excluding steroid dienone is 1. The third-order valence-electron chi connectivity index (χ3n) is 5.11. The van der Waals surface area contributed by atoms with E-state index in [4.69, 9.17) is 0 Å². The summed E-state index contributed by atoms with van der Waals surface area (Å²) in [5.74, 6) is -2.65. The molecule has 0 radical (unpaired) electrons. The largest absolute Gasteiger partial charge is 0.406 e. The molecule has 3 atom stereocenters. The molecule has 2 aliphatic heterocycles. The molecule has 0 aliphatic carbocycles. The fourth-order valence-electron chi connectivity index (χ4n) is 3.79. The Hall–Kier alpha value is -3.40. The summed E-state index contributed by atoms with van der Waals surface area (Å²) in [6.07, 6.45) is -2.68. The Morgan fingerprint density at radius 3 is 2.53 bits per heavy atom. The summed E-state index contributed by atoms with van der Waals surface area (Å²) in [6.45, 7) is 1.50. The molecular weight excluding hydrogens is 399 g/mol. The number of carbonyl (C=O) groups is 2. The first-order chi connectivity index (χ1) is 14.3. The Kier molecular flexibility index (Phi) is 4.94. The molecule has 3 unspecified atom stereocenters. The van der Waals surface area contributed by atoms with E-state index in [9.17, 15) is 22.8 Å². The van der Waals surface area contributed by atoms with Gasteiger partial charge in [0.15, 0.2) is 0 Å². The highest BCUT2D eigenvalue weighted by Crippen LogP contribution is 2.41. The predicted molar refractivity (Wildman–Crippen MR) is 101 cm³/mol. The zero-order chi connectivity index (χ0) is 21.5. The molecule has 3 N–H and O–H groups in total. The van der Waals surface area contributed by atoms with Gasteiger partial charge in [0, 0.05) is 11.9 Å². The molecule has 1 aromatic carbocycles. The average molecular weight is 417 g/mol. The molecule has 2 aliphatic rings. The number of alkyl halides is 3. The molecule has 1 saturated heterocycles. The summed E-state index contributed by atoms with van der Waals surface area (Å²) in [6, 6.07) is 9.37. The number of benzene rings is 1. The van der Waals surface area contributed by atoms with Crippen LogP contribution in [0, 0.1) is 0 Å². The molecule has 3 heterocycles. The van der Waals surface area contributed by atoms with Crippen LogP contribution in [-0.2, 0) is 9.59 Å². The zero-order valence-electron chi connectivity index (χ0n) is 15.8. The molecule has 1 aromatic heterocycles. The molecule has 30 heavy (non-hydrogen) atoms. The highest BCUT2D eigenvalue weighted by atomic mass is 19.4. The first-order valence-corrected chi connectivity index (χ1v) is 9.17. The summed E-state index contributed by atoms with van der Waals surface area (Å²) in [7, 11) is 0. The van der Waals surface area contributed by atoms with Crippen LogP contribution in [0.3, 0.4) is 0 Å². The van der Waals surface area contributed by atoms with Crippen molar-refractivity contribution in [3.8, 4) is 0 Å². The maximum atomic E-state index is 13.8. The van der Waals surface area contributed by atoms with Crippen LogP contribution < -0.4 is 16.1 Å². The van der Waals surface area contributed by atoms with Gasteiger partial charge in [0.25, 0.3) is 11.8 Å². The van der Waals surface area contributed by atoms with Crippen LogP contribution in [-0.4, -0.2) is 40.2 Å². The number of anilines is 1. The zero-order valence-corrected chi connectivity index (χ0v) is 15.8. The summed E-state index contributed by atoms with van der Waals surface area (Å²) in [5, 5.41) is 6.32. The van der Waals surface area contributed by atoms with Crippen LogP contribution in [0.15, 0.2) is 66.1 Å². The number of aromatic nitrogens is 1. The molecule has 156 valence electrons. The van der Waals surface area contributed by atoms with E-state index in [-0.39, 0.29) is 11.3 Å². The number of fused-ring (bicyclic) bond motifs is 1. The maximum Gasteiger partial charge on any atom is 0.406 e. The third kappa shape index (κ3) is 3.50. The number of hydrogen-bond donors (Lipinski definition) is 3. The van der Waals surface area contributed by atoms with Crippen molar-refractivity contribution in [1.29, 1.82) is 0 Å². The minimum Gasteiger partial charge on any atom is -0.366 e. The monoisotopic (exact) mass is 417 g/mol. The van der Waals surface area contributed by atoms with E-state index in [1.807, 2.05) is 0 Å². The lowest BCUT2D eigenvalue weighted by molar-refractivity contribution is -0.161. The Labute approximate surface area is 169 Å². The van der Waals surface area contributed by atoms with Crippen molar-refractivity contribution in [3.63, 3.8) is 0 Å². The molecule has 10 heteroatoms. The van der Waals surface area contributed by atoms with Gasteiger partial charge in [-0.05, 0) is 24.6 Å². The number of halogens is 3. The molecule has 0 bridgehead atoms. The Bertz CT molecular complexity index is 995. The number of hydrogen-bond acceptors (Lipinski definition) is 5. The van der Waals surface area contributed by atoms with Crippen LogP contribution in [0.1, 0.15) is 18.4 Å². The second-order valence-electron chi connectivity index (χ2n) is 7.05. The molecule has 2 amide bonds. The Morgan fingerprint density at radius 1 is 1.17 bits per heavy atom. The smallest absolute Gasteiger partial charge is 0.366 e. The van der Waals surface area contributed by atoms with E-state index < -0.39 is 36.1 Å². The lowest BCUT2D eigenvalue weighted by Crippen LogP contribution is -2.56. The van der Waals surface area contributed by atoms with Gasteiger partial charge >= 0.3 is 6.18 Å². The number of pyridine rings is 1. The van der Waals surface area contributed by atoms with Crippen molar-refractivity contribution in [2.45, 2.75) is 31.2 Å². The van der Waals surface area contributed by atoms with Crippen LogP contribution >= 0.6 is 0 Å². The van der Waals surface area contributed by atoms with Gasteiger partial charge in [-0.2, -0.15) is 13.2 Å². The van der Waals surface area contributed by atoms with Crippen LogP contribution in [0.25, 0.3) is 0 Å². The number of amides is 2. The lowest BCUT2D eigenvalue weighted by Gasteiger charge is -2.34. The predicted octanol–water partition coefficient (Wildman–Crippen LogP) is 2.28. The van der Waals surface area contributed by atoms with E-state index in [1.54, 1.807) is 42.5 Å². The lowest BCUT2D eigenvalue weighted by atomic mass is 9.89. The number of nitrogens with zero attached hydrogens (tertiary/aromatic N) is 2. The van der Waals surface area contributed by atoms with Crippen LogP contribution in [0.2, 0.25) is 0 Å². The maximum absolute atomic E-state index is 13.8. The number of hydrazine groups is 1. The highest BCUT2D eigenvalue weighted by molar-refractivity contribution is 6.23. The Balaban J connectivity index is 1.67. The first-order valence-electron chi connectivity index (χ1n) is 9.17.